The first kappa shape index (κ1) is 20.8. The van der Waals surface area contributed by atoms with Gasteiger partial charge in [-0.05, 0) is 42.6 Å². The fourth-order valence-electron chi connectivity index (χ4n) is 2.93. The van der Waals surface area contributed by atoms with E-state index in [1.54, 1.807) is 17.9 Å². The predicted molar refractivity (Wildman–Crippen MR) is 121 cm³/mol. The average molecular weight is 435 g/mol. The Kier molecular flexibility index (Phi) is 6.40. The molecule has 4 aromatic rings. The van der Waals surface area contributed by atoms with Crippen molar-refractivity contribution in [1.82, 2.24) is 14.8 Å². The molecular formula is C23H22N4O3S. The van der Waals surface area contributed by atoms with Gasteiger partial charge >= 0.3 is 6.01 Å². The topological polar surface area (TPSA) is 78.3 Å². The van der Waals surface area contributed by atoms with Crippen LogP contribution in [-0.4, -0.2) is 41.0 Å². The quantitative estimate of drug-likeness (QED) is 0.411. The second kappa shape index (κ2) is 9.55. The summed E-state index contributed by atoms with van der Waals surface area (Å²) in [5, 5.41) is 9.30. The Hall–Kier alpha value is -3.49. The smallest absolute Gasteiger partial charge is 0.336 e. The highest BCUT2D eigenvalue weighted by atomic mass is 32.1. The van der Waals surface area contributed by atoms with E-state index in [2.05, 4.69) is 15.4 Å². The van der Waals surface area contributed by atoms with Crippen molar-refractivity contribution in [3.05, 3.63) is 76.5 Å². The molecule has 0 fully saturated rings. The van der Waals surface area contributed by atoms with Gasteiger partial charge in [0.05, 0.1) is 17.2 Å². The molecule has 0 spiro atoms. The lowest BCUT2D eigenvalue weighted by Crippen LogP contribution is -2.10. The van der Waals surface area contributed by atoms with Crippen LogP contribution in [0.5, 0.6) is 6.01 Å². The summed E-state index contributed by atoms with van der Waals surface area (Å²) in [5.41, 5.74) is 3.60. The number of aryl methyl sites for hydroxylation is 1. The molecule has 1 N–H and O–H groups in total. The molecule has 0 saturated carbocycles. The summed E-state index contributed by atoms with van der Waals surface area (Å²) in [6.45, 7) is 2.85. The molecule has 2 aromatic carbocycles. The van der Waals surface area contributed by atoms with Crippen LogP contribution in [0, 0.1) is 6.92 Å². The van der Waals surface area contributed by atoms with Crippen molar-refractivity contribution >= 4 is 22.9 Å². The van der Waals surface area contributed by atoms with Gasteiger partial charge in [0.25, 0.3) is 5.91 Å². The minimum atomic E-state index is -0.127. The van der Waals surface area contributed by atoms with Gasteiger partial charge in [0.1, 0.15) is 6.61 Å². The van der Waals surface area contributed by atoms with Gasteiger partial charge in [0.2, 0.25) is 0 Å². The highest BCUT2D eigenvalue weighted by molar-refractivity contribution is 7.12. The zero-order valence-electron chi connectivity index (χ0n) is 17.2. The molecule has 7 nitrogen and oxygen atoms in total. The number of aromatic nitrogens is 3. The second-order valence-corrected chi connectivity index (χ2v) is 7.76. The largest absolute Gasteiger partial charge is 0.460 e. The van der Waals surface area contributed by atoms with Gasteiger partial charge in [0.15, 0.2) is 5.82 Å². The van der Waals surface area contributed by atoms with E-state index in [0.717, 1.165) is 16.8 Å². The van der Waals surface area contributed by atoms with E-state index < -0.39 is 0 Å². The molecule has 4 rings (SSSR count). The molecule has 0 saturated heterocycles. The van der Waals surface area contributed by atoms with Gasteiger partial charge in [-0.3, -0.25) is 4.79 Å². The Morgan fingerprint density at radius 3 is 2.52 bits per heavy atom. The zero-order valence-corrected chi connectivity index (χ0v) is 18.1. The van der Waals surface area contributed by atoms with Gasteiger partial charge in [-0.2, -0.15) is 4.98 Å². The lowest BCUT2D eigenvalue weighted by molar-refractivity contribution is 0.103. The minimum Gasteiger partial charge on any atom is -0.460 e. The standard InChI is InChI=1S/C23H22N4O3S/c1-16-5-7-17(8-6-16)21-25-23(30-14-13-29-2)26-27(21)19-11-9-18(10-12-19)24-22(28)20-4-3-15-31-20/h3-12,15H,13-14H2,1-2H3,(H,24,28). The van der Waals surface area contributed by atoms with Gasteiger partial charge in [-0.25, -0.2) is 4.68 Å². The number of nitrogens with one attached hydrogen (secondary N) is 1. The lowest BCUT2D eigenvalue weighted by Gasteiger charge is -2.08. The molecule has 0 unspecified atom stereocenters. The number of nitrogens with zero attached hydrogens (tertiary/aromatic N) is 3. The van der Waals surface area contributed by atoms with Crippen molar-refractivity contribution < 1.29 is 14.3 Å². The maximum Gasteiger partial charge on any atom is 0.336 e. The van der Waals surface area contributed by atoms with Crippen LogP contribution < -0.4 is 10.1 Å². The van der Waals surface area contributed by atoms with Crippen LogP contribution in [0.25, 0.3) is 17.1 Å². The number of hydrogen-bond donors (Lipinski definition) is 1. The van der Waals surface area contributed by atoms with Crippen LogP contribution in [0.2, 0.25) is 0 Å². The summed E-state index contributed by atoms with van der Waals surface area (Å²) < 4.78 is 12.4. The summed E-state index contributed by atoms with van der Waals surface area (Å²) in [7, 11) is 1.62. The lowest BCUT2D eigenvalue weighted by atomic mass is 10.1. The van der Waals surface area contributed by atoms with Crippen LogP contribution in [0.4, 0.5) is 5.69 Å². The molecule has 2 aromatic heterocycles. The Bertz CT molecular complexity index is 1140. The average Bonchev–Trinajstić information content (AvgIpc) is 3.46. The van der Waals surface area contributed by atoms with E-state index in [1.165, 1.54) is 11.3 Å². The summed E-state index contributed by atoms with van der Waals surface area (Å²) in [5.74, 6) is 0.542. The number of benzene rings is 2. The van der Waals surface area contributed by atoms with E-state index in [4.69, 9.17) is 9.47 Å². The van der Waals surface area contributed by atoms with Crippen LogP contribution in [0.15, 0.2) is 66.0 Å². The van der Waals surface area contributed by atoms with Crippen molar-refractivity contribution in [3.8, 4) is 23.1 Å². The van der Waals surface area contributed by atoms with E-state index in [1.807, 2.05) is 66.9 Å². The SMILES string of the molecule is COCCOc1nc(-c2ccc(C)cc2)n(-c2ccc(NC(=O)c3cccs3)cc2)n1. The molecule has 0 bridgehead atoms. The van der Waals surface area contributed by atoms with Gasteiger partial charge in [-0.15, -0.1) is 16.4 Å². The Morgan fingerprint density at radius 2 is 1.84 bits per heavy atom. The minimum absolute atomic E-state index is 0.127. The van der Waals surface area contributed by atoms with E-state index >= 15 is 0 Å². The fraction of sp³-hybridized carbons (Fsp3) is 0.174. The first-order chi connectivity index (χ1) is 15.1. The third-order valence-corrected chi connectivity index (χ3v) is 5.40. The molecular weight excluding hydrogens is 412 g/mol. The van der Waals surface area contributed by atoms with Gasteiger partial charge in [0, 0.05) is 18.4 Å². The highest BCUT2D eigenvalue weighted by Gasteiger charge is 2.15. The van der Waals surface area contributed by atoms with Crippen molar-refractivity contribution in [2.45, 2.75) is 6.92 Å². The molecule has 1 amide bonds. The van der Waals surface area contributed by atoms with Gasteiger partial charge < -0.3 is 14.8 Å². The molecule has 158 valence electrons. The Balaban J connectivity index is 1.60. The second-order valence-electron chi connectivity index (χ2n) is 6.82. The predicted octanol–water partition coefficient (Wildman–Crippen LogP) is 4.58. The Morgan fingerprint density at radius 1 is 1.06 bits per heavy atom. The molecule has 2 heterocycles. The highest BCUT2D eigenvalue weighted by Crippen LogP contribution is 2.25. The zero-order chi connectivity index (χ0) is 21.6. The van der Waals surface area contributed by atoms with Crippen LogP contribution >= 0.6 is 11.3 Å². The first-order valence-corrected chi connectivity index (χ1v) is 10.6. The number of thiophene rings is 1. The molecule has 0 aliphatic carbocycles. The van der Waals surface area contributed by atoms with E-state index in [9.17, 15) is 4.79 Å². The number of methoxy groups -OCH3 is 1. The molecule has 8 heteroatoms. The van der Waals surface area contributed by atoms with E-state index in [0.29, 0.717) is 29.6 Å². The van der Waals surface area contributed by atoms with Crippen LogP contribution in [0.3, 0.4) is 0 Å². The maximum absolute atomic E-state index is 12.3. The number of ether oxygens (including phenoxy) is 2. The number of carbonyl (C=O) groups excluding carboxylic acids is 1. The first-order valence-electron chi connectivity index (χ1n) is 9.75. The van der Waals surface area contributed by atoms with Crippen molar-refractivity contribution in [3.63, 3.8) is 0 Å². The Labute approximate surface area is 184 Å². The summed E-state index contributed by atoms with van der Waals surface area (Å²) in [4.78, 5) is 17.5. The third kappa shape index (κ3) is 4.99. The van der Waals surface area contributed by atoms with Crippen LogP contribution in [-0.2, 0) is 4.74 Å². The monoisotopic (exact) mass is 434 g/mol. The number of amides is 1. The number of anilines is 1. The van der Waals surface area contributed by atoms with Crippen molar-refractivity contribution in [2.24, 2.45) is 0 Å². The van der Waals surface area contributed by atoms with Crippen molar-refractivity contribution in [1.29, 1.82) is 0 Å². The summed E-state index contributed by atoms with van der Waals surface area (Å²) >= 11 is 1.40. The normalized spacial score (nSPS) is 10.8. The summed E-state index contributed by atoms with van der Waals surface area (Å²) in [6.07, 6.45) is 0. The van der Waals surface area contributed by atoms with E-state index in [-0.39, 0.29) is 11.9 Å². The number of hydrogen-bond acceptors (Lipinski definition) is 6. The fourth-order valence-corrected chi connectivity index (χ4v) is 3.55. The molecule has 0 atom stereocenters. The van der Waals surface area contributed by atoms with Crippen LogP contribution in [0.1, 0.15) is 15.2 Å². The van der Waals surface area contributed by atoms with Crippen molar-refractivity contribution in [2.75, 3.05) is 25.6 Å². The van der Waals surface area contributed by atoms with Gasteiger partial charge in [-0.1, -0.05) is 35.9 Å². The molecule has 0 aliphatic heterocycles. The summed E-state index contributed by atoms with van der Waals surface area (Å²) in [6, 6.07) is 19.4. The number of carbonyl (C=O) groups is 1. The number of rotatable bonds is 8. The molecule has 31 heavy (non-hydrogen) atoms. The molecule has 0 aliphatic rings. The third-order valence-electron chi connectivity index (χ3n) is 4.53. The maximum atomic E-state index is 12.3. The molecule has 0 radical (unpaired) electrons.